The lowest BCUT2D eigenvalue weighted by atomic mass is 10.0. The first kappa shape index (κ1) is 16.1. The average molecular weight is 361 g/mol. The molecular formula is C22H16OS2. The average Bonchev–Trinajstić information content (AvgIpc) is 2.69. The standard InChI is InChI=1S/C22H16OS2/c1-24-17-13-11-15(12-14-17)20-21(23)18-9-5-6-10-19(18)25-22(20)16-7-3-2-4-8-16/h2-14H,1H3. The first-order valence-corrected chi connectivity index (χ1v) is 10.1. The molecule has 0 fully saturated rings. The molecule has 0 unspecified atom stereocenters. The summed E-state index contributed by atoms with van der Waals surface area (Å²) in [5, 5.41) is 0.788. The van der Waals surface area contributed by atoms with E-state index >= 15 is 0 Å². The first-order valence-electron chi connectivity index (χ1n) is 8.03. The predicted octanol–water partition coefficient (Wildman–Crippen LogP) is 6.32. The van der Waals surface area contributed by atoms with E-state index < -0.39 is 0 Å². The summed E-state index contributed by atoms with van der Waals surface area (Å²) in [5.41, 5.74) is 2.95. The molecule has 3 heteroatoms. The molecule has 25 heavy (non-hydrogen) atoms. The molecule has 0 radical (unpaired) electrons. The van der Waals surface area contributed by atoms with E-state index in [2.05, 4.69) is 42.7 Å². The van der Waals surface area contributed by atoms with Gasteiger partial charge in [-0.3, -0.25) is 4.79 Å². The summed E-state index contributed by atoms with van der Waals surface area (Å²) in [6, 6.07) is 26.3. The van der Waals surface area contributed by atoms with E-state index in [1.807, 2.05) is 42.5 Å². The number of fused-ring (bicyclic) bond motifs is 1. The van der Waals surface area contributed by atoms with Gasteiger partial charge in [-0.2, -0.15) is 0 Å². The van der Waals surface area contributed by atoms with Crippen molar-refractivity contribution in [3.63, 3.8) is 0 Å². The van der Waals surface area contributed by atoms with Crippen molar-refractivity contribution in [1.82, 2.24) is 0 Å². The van der Waals surface area contributed by atoms with Crippen LogP contribution in [0.1, 0.15) is 0 Å². The lowest BCUT2D eigenvalue weighted by Gasteiger charge is -2.11. The quantitative estimate of drug-likeness (QED) is 0.398. The van der Waals surface area contributed by atoms with Crippen molar-refractivity contribution in [2.24, 2.45) is 0 Å². The molecule has 0 saturated heterocycles. The Balaban J connectivity index is 2.06. The number of hydrogen-bond donors (Lipinski definition) is 0. The Morgan fingerprint density at radius 2 is 1.44 bits per heavy atom. The molecule has 4 rings (SSSR count). The van der Waals surface area contributed by atoms with Gasteiger partial charge in [-0.05, 0) is 41.6 Å². The van der Waals surface area contributed by atoms with Crippen molar-refractivity contribution >= 4 is 33.2 Å². The number of rotatable bonds is 3. The van der Waals surface area contributed by atoms with Crippen LogP contribution in [-0.4, -0.2) is 6.26 Å². The summed E-state index contributed by atoms with van der Waals surface area (Å²) in [5.74, 6) is 0. The molecule has 0 bridgehead atoms. The molecular weight excluding hydrogens is 344 g/mol. The summed E-state index contributed by atoms with van der Waals surface area (Å²) in [7, 11) is 0. The Morgan fingerprint density at radius 1 is 0.760 bits per heavy atom. The van der Waals surface area contributed by atoms with Crippen molar-refractivity contribution in [2.45, 2.75) is 4.90 Å². The van der Waals surface area contributed by atoms with Gasteiger partial charge in [-0.25, -0.2) is 0 Å². The third-order valence-electron chi connectivity index (χ3n) is 4.21. The SMILES string of the molecule is CSc1ccc(-c2c(-c3ccccc3)sc3ccccc3c2=O)cc1. The zero-order chi connectivity index (χ0) is 17.2. The molecule has 1 nitrogen and oxygen atoms in total. The van der Waals surface area contributed by atoms with Crippen LogP contribution < -0.4 is 5.43 Å². The monoisotopic (exact) mass is 360 g/mol. The largest absolute Gasteiger partial charge is 0.288 e. The van der Waals surface area contributed by atoms with Crippen LogP contribution in [0.5, 0.6) is 0 Å². The summed E-state index contributed by atoms with van der Waals surface area (Å²) >= 11 is 3.38. The molecule has 0 spiro atoms. The molecule has 1 aromatic heterocycles. The van der Waals surface area contributed by atoms with E-state index in [9.17, 15) is 4.79 Å². The summed E-state index contributed by atoms with van der Waals surface area (Å²) in [6.07, 6.45) is 2.06. The second-order valence-electron chi connectivity index (χ2n) is 5.73. The lowest BCUT2D eigenvalue weighted by molar-refractivity contribution is 1.46. The fraction of sp³-hybridized carbons (Fsp3) is 0.0455. The zero-order valence-electron chi connectivity index (χ0n) is 13.7. The van der Waals surface area contributed by atoms with Crippen LogP contribution in [-0.2, 0) is 0 Å². The molecule has 0 aliphatic rings. The third kappa shape index (κ3) is 3.01. The highest BCUT2D eigenvalue weighted by Crippen LogP contribution is 2.37. The van der Waals surface area contributed by atoms with Gasteiger partial charge in [0.1, 0.15) is 0 Å². The van der Waals surface area contributed by atoms with Crippen LogP contribution in [0, 0.1) is 0 Å². The Hall–Kier alpha value is -2.36. The normalized spacial score (nSPS) is 10.9. The van der Waals surface area contributed by atoms with E-state index in [0.717, 1.165) is 31.7 Å². The first-order chi connectivity index (χ1) is 12.3. The smallest absolute Gasteiger partial charge is 0.196 e. The van der Waals surface area contributed by atoms with E-state index in [-0.39, 0.29) is 5.43 Å². The Morgan fingerprint density at radius 3 is 2.16 bits per heavy atom. The van der Waals surface area contributed by atoms with E-state index in [1.54, 1.807) is 23.1 Å². The molecule has 0 N–H and O–H groups in total. The highest BCUT2D eigenvalue weighted by Gasteiger charge is 2.15. The maximum absolute atomic E-state index is 13.3. The number of thioether (sulfide) groups is 1. The van der Waals surface area contributed by atoms with Crippen LogP contribution >= 0.6 is 23.1 Å². The van der Waals surface area contributed by atoms with E-state index in [0.29, 0.717) is 0 Å². The van der Waals surface area contributed by atoms with Gasteiger partial charge in [0.05, 0.1) is 0 Å². The van der Waals surface area contributed by atoms with Crippen molar-refractivity contribution in [3.05, 3.63) is 89.1 Å². The number of hydrogen-bond acceptors (Lipinski definition) is 3. The molecule has 0 saturated carbocycles. The van der Waals surface area contributed by atoms with Crippen LogP contribution in [0.25, 0.3) is 31.7 Å². The summed E-state index contributed by atoms with van der Waals surface area (Å²) < 4.78 is 1.02. The molecule has 0 amide bonds. The van der Waals surface area contributed by atoms with Gasteiger partial charge in [0.25, 0.3) is 0 Å². The molecule has 0 atom stereocenters. The van der Waals surface area contributed by atoms with Gasteiger partial charge in [-0.15, -0.1) is 23.1 Å². The van der Waals surface area contributed by atoms with E-state index in [4.69, 9.17) is 0 Å². The molecule has 0 aliphatic carbocycles. The van der Waals surface area contributed by atoms with Crippen molar-refractivity contribution in [3.8, 4) is 21.6 Å². The number of benzene rings is 3. The zero-order valence-corrected chi connectivity index (χ0v) is 15.4. The summed E-state index contributed by atoms with van der Waals surface area (Å²) in [4.78, 5) is 15.5. The highest BCUT2D eigenvalue weighted by molar-refractivity contribution is 7.98. The minimum absolute atomic E-state index is 0.102. The second-order valence-corrected chi connectivity index (χ2v) is 7.66. The van der Waals surface area contributed by atoms with Gasteiger partial charge >= 0.3 is 0 Å². The molecule has 1 heterocycles. The minimum Gasteiger partial charge on any atom is -0.288 e. The van der Waals surface area contributed by atoms with Crippen molar-refractivity contribution in [2.75, 3.05) is 6.26 Å². The maximum atomic E-state index is 13.3. The van der Waals surface area contributed by atoms with Crippen LogP contribution in [0.4, 0.5) is 0 Å². The topological polar surface area (TPSA) is 17.1 Å². The van der Waals surface area contributed by atoms with E-state index in [1.165, 1.54) is 4.90 Å². The minimum atomic E-state index is 0.102. The molecule has 0 aliphatic heterocycles. The summed E-state index contributed by atoms with van der Waals surface area (Å²) in [6.45, 7) is 0. The highest BCUT2D eigenvalue weighted by atomic mass is 32.2. The molecule has 4 aromatic rings. The van der Waals surface area contributed by atoms with Crippen LogP contribution in [0.15, 0.2) is 88.6 Å². The van der Waals surface area contributed by atoms with Crippen LogP contribution in [0.2, 0.25) is 0 Å². The second kappa shape index (κ2) is 6.87. The predicted molar refractivity (Wildman–Crippen MR) is 111 cm³/mol. The lowest BCUT2D eigenvalue weighted by Crippen LogP contribution is -2.06. The Labute approximate surface area is 155 Å². The van der Waals surface area contributed by atoms with Crippen molar-refractivity contribution in [1.29, 1.82) is 0 Å². The molecule has 3 aromatic carbocycles. The Kier molecular flexibility index (Phi) is 4.43. The van der Waals surface area contributed by atoms with Gasteiger partial charge < -0.3 is 0 Å². The maximum Gasteiger partial charge on any atom is 0.196 e. The van der Waals surface area contributed by atoms with Gasteiger partial charge in [0.15, 0.2) is 5.43 Å². The fourth-order valence-electron chi connectivity index (χ4n) is 2.95. The third-order valence-corrected chi connectivity index (χ3v) is 6.18. The van der Waals surface area contributed by atoms with Crippen molar-refractivity contribution < 1.29 is 0 Å². The fourth-order valence-corrected chi connectivity index (χ4v) is 4.57. The van der Waals surface area contributed by atoms with Gasteiger partial charge in [0.2, 0.25) is 0 Å². The van der Waals surface area contributed by atoms with Gasteiger partial charge in [0, 0.05) is 25.4 Å². The van der Waals surface area contributed by atoms with Crippen LogP contribution in [0.3, 0.4) is 0 Å². The molecule has 122 valence electrons. The van der Waals surface area contributed by atoms with Gasteiger partial charge in [-0.1, -0.05) is 54.6 Å². The Bertz CT molecular complexity index is 1080.